The number of carbonyl (C=O) groups excluding carboxylic acids is 1. The molecule has 0 aliphatic carbocycles. The fourth-order valence-electron chi connectivity index (χ4n) is 2.79. The van der Waals surface area contributed by atoms with Gasteiger partial charge in [0.2, 0.25) is 11.8 Å². The van der Waals surface area contributed by atoms with Crippen LogP contribution in [-0.2, 0) is 9.53 Å². The van der Waals surface area contributed by atoms with E-state index in [1.165, 1.54) is 0 Å². The molecule has 1 aromatic heterocycles. The van der Waals surface area contributed by atoms with Crippen molar-refractivity contribution < 1.29 is 14.3 Å². The average Bonchev–Trinajstić information content (AvgIpc) is 2.53. The number of hydrogen-bond acceptors (Lipinski definition) is 4. The number of hydrogen-bond donors (Lipinski definition) is 0. The summed E-state index contributed by atoms with van der Waals surface area (Å²) >= 11 is 0. The first-order chi connectivity index (χ1) is 10.0. The van der Waals surface area contributed by atoms with Crippen molar-refractivity contribution in [2.75, 3.05) is 25.7 Å². The Morgan fingerprint density at radius 2 is 2.24 bits per heavy atom. The van der Waals surface area contributed by atoms with E-state index in [9.17, 15) is 4.79 Å². The van der Waals surface area contributed by atoms with Crippen LogP contribution in [0.3, 0.4) is 0 Å². The molecule has 0 bridgehead atoms. The molecule has 116 valence electrons. The van der Waals surface area contributed by atoms with Crippen LogP contribution >= 0.6 is 0 Å². The van der Waals surface area contributed by atoms with Gasteiger partial charge < -0.3 is 14.4 Å². The first-order valence-corrected chi connectivity index (χ1v) is 7.43. The van der Waals surface area contributed by atoms with Crippen molar-refractivity contribution in [3.63, 3.8) is 0 Å². The molecule has 21 heavy (non-hydrogen) atoms. The minimum Gasteiger partial charge on any atom is -0.481 e. The lowest BCUT2D eigenvalue weighted by molar-refractivity contribution is -0.134. The molecule has 0 spiro atoms. The van der Waals surface area contributed by atoms with Gasteiger partial charge in [-0.25, -0.2) is 4.98 Å². The predicted molar refractivity (Wildman–Crippen MR) is 81.5 cm³/mol. The van der Waals surface area contributed by atoms with Gasteiger partial charge >= 0.3 is 0 Å². The lowest BCUT2D eigenvalue weighted by Gasteiger charge is -2.35. The number of nitrogens with zero attached hydrogens (tertiary/aromatic N) is 2. The normalized spacial score (nSPS) is 22.1. The SMILES string of the molecule is COc1ccc(N(C)C(=O)[C@H]2CCCO[C@@H]2C(C)C)cn1. The van der Waals surface area contributed by atoms with Crippen molar-refractivity contribution in [3.05, 3.63) is 18.3 Å². The summed E-state index contributed by atoms with van der Waals surface area (Å²) in [5.74, 6) is 0.897. The number of ether oxygens (including phenoxy) is 2. The molecule has 0 saturated carbocycles. The average molecular weight is 292 g/mol. The topological polar surface area (TPSA) is 51.7 Å². The predicted octanol–water partition coefficient (Wildman–Crippen LogP) is 2.50. The molecule has 2 rings (SSSR count). The molecule has 1 fully saturated rings. The van der Waals surface area contributed by atoms with Gasteiger partial charge in [0.15, 0.2) is 0 Å². The maximum Gasteiger partial charge on any atom is 0.232 e. The zero-order valence-electron chi connectivity index (χ0n) is 13.2. The Bertz CT molecular complexity index is 473. The number of anilines is 1. The minimum atomic E-state index is -0.0779. The third kappa shape index (κ3) is 3.53. The van der Waals surface area contributed by atoms with Gasteiger partial charge in [0.05, 0.1) is 31.0 Å². The summed E-state index contributed by atoms with van der Waals surface area (Å²) in [5, 5.41) is 0. The lowest BCUT2D eigenvalue weighted by atomic mass is 9.86. The van der Waals surface area contributed by atoms with Crippen LogP contribution in [0.5, 0.6) is 5.88 Å². The highest BCUT2D eigenvalue weighted by molar-refractivity contribution is 5.94. The van der Waals surface area contributed by atoms with Crippen molar-refractivity contribution in [1.29, 1.82) is 0 Å². The second kappa shape index (κ2) is 6.89. The van der Waals surface area contributed by atoms with Crippen LogP contribution in [0.4, 0.5) is 5.69 Å². The molecule has 5 heteroatoms. The van der Waals surface area contributed by atoms with Gasteiger partial charge in [0.25, 0.3) is 0 Å². The monoisotopic (exact) mass is 292 g/mol. The van der Waals surface area contributed by atoms with Crippen LogP contribution in [-0.4, -0.2) is 37.8 Å². The maximum absolute atomic E-state index is 12.8. The number of aromatic nitrogens is 1. The van der Waals surface area contributed by atoms with Crippen LogP contribution in [0.2, 0.25) is 0 Å². The Morgan fingerprint density at radius 3 is 2.81 bits per heavy atom. The second-order valence-corrected chi connectivity index (χ2v) is 5.78. The van der Waals surface area contributed by atoms with Gasteiger partial charge in [-0.3, -0.25) is 4.79 Å². The van der Waals surface area contributed by atoms with E-state index in [0.717, 1.165) is 25.1 Å². The molecule has 0 aromatic carbocycles. The van der Waals surface area contributed by atoms with Gasteiger partial charge in [-0.2, -0.15) is 0 Å². The molecular weight excluding hydrogens is 268 g/mol. The summed E-state index contributed by atoms with van der Waals surface area (Å²) in [5.41, 5.74) is 0.772. The molecule has 0 unspecified atom stereocenters. The van der Waals surface area contributed by atoms with E-state index in [1.54, 1.807) is 31.3 Å². The van der Waals surface area contributed by atoms with Gasteiger partial charge in [0, 0.05) is 19.7 Å². The Balaban J connectivity index is 2.12. The molecule has 1 aliphatic rings. The fraction of sp³-hybridized carbons (Fsp3) is 0.625. The van der Waals surface area contributed by atoms with Crippen LogP contribution in [0, 0.1) is 11.8 Å². The molecule has 1 amide bonds. The van der Waals surface area contributed by atoms with E-state index in [-0.39, 0.29) is 17.9 Å². The van der Waals surface area contributed by atoms with E-state index < -0.39 is 0 Å². The van der Waals surface area contributed by atoms with E-state index in [1.807, 2.05) is 6.07 Å². The van der Waals surface area contributed by atoms with Crippen molar-refractivity contribution in [2.45, 2.75) is 32.8 Å². The molecule has 1 aliphatic heterocycles. The fourth-order valence-corrected chi connectivity index (χ4v) is 2.79. The van der Waals surface area contributed by atoms with Crippen LogP contribution in [0.25, 0.3) is 0 Å². The molecule has 1 aromatic rings. The van der Waals surface area contributed by atoms with Crippen LogP contribution < -0.4 is 9.64 Å². The van der Waals surface area contributed by atoms with Gasteiger partial charge in [-0.05, 0) is 24.8 Å². The van der Waals surface area contributed by atoms with Crippen molar-refractivity contribution in [3.8, 4) is 5.88 Å². The van der Waals surface area contributed by atoms with Crippen LogP contribution in [0.15, 0.2) is 18.3 Å². The summed E-state index contributed by atoms with van der Waals surface area (Å²) in [4.78, 5) is 18.6. The summed E-state index contributed by atoms with van der Waals surface area (Å²) < 4.78 is 10.9. The zero-order valence-corrected chi connectivity index (χ0v) is 13.2. The number of pyridine rings is 1. The molecule has 0 radical (unpaired) electrons. The van der Waals surface area contributed by atoms with E-state index >= 15 is 0 Å². The number of rotatable bonds is 4. The van der Waals surface area contributed by atoms with E-state index in [4.69, 9.17) is 9.47 Å². The standard InChI is InChI=1S/C16H24N2O3/c1-11(2)15-13(6-5-9-21-15)16(19)18(3)12-7-8-14(20-4)17-10-12/h7-8,10-11,13,15H,5-6,9H2,1-4H3/t13-,15+/m0/s1. The first-order valence-electron chi connectivity index (χ1n) is 7.43. The maximum atomic E-state index is 12.8. The lowest BCUT2D eigenvalue weighted by Crippen LogP contribution is -2.44. The highest BCUT2D eigenvalue weighted by Gasteiger charge is 2.35. The summed E-state index contributed by atoms with van der Waals surface area (Å²) in [6.07, 6.45) is 3.48. The van der Waals surface area contributed by atoms with Gasteiger partial charge in [-0.15, -0.1) is 0 Å². The third-order valence-electron chi connectivity index (χ3n) is 3.99. The third-order valence-corrected chi connectivity index (χ3v) is 3.99. The molecule has 1 saturated heterocycles. The Kier molecular flexibility index (Phi) is 5.17. The quantitative estimate of drug-likeness (QED) is 0.855. The molecule has 2 atom stereocenters. The Labute approximate surface area is 126 Å². The smallest absolute Gasteiger partial charge is 0.232 e. The number of methoxy groups -OCH3 is 1. The summed E-state index contributed by atoms with van der Waals surface area (Å²) in [6, 6.07) is 3.61. The highest BCUT2D eigenvalue weighted by atomic mass is 16.5. The molecule has 5 nitrogen and oxygen atoms in total. The van der Waals surface area contributed by atoms with Gasteiger partial charge in [0.1, 0.15) is 0 Å². The number of amides is 1. The van der Waals surface area contributed by atoms with Crippen molar-refractivity contribution >= 4 is 11.6 Å². The highest BCUT2D eigenvalue weighted by Crippen LogP contribution is 2.29. The van der Waals surface area contributed by atoms with Crippen molar-refractivity contribution in [1.82, 2.24) is 4.98 Å². The largest absolute Gasteiger partial charge is 0.481 e. The van der Waals surface area contributed by atoms with E-state index in [2.05, 4.69) is 18.8 Å². The zero-order chi connectivity index (χ0) is 15.4. The first kappa shape index (κ1) is 15.8. The Morgan fingerprint density at radius 1 is 1.48 bits per heavy atom. The summed E-state index contributed by atoms with van der Waals surface area (Å²) in [6.45, 7) is 4.96. The van der Waals surface area contributed by atoms with Gasteiger partial charge in [-0.1, -0.05) is 13.8 Å². The molecule has 0 N–H and O–H groups in total. The summed E-state index contributed by atoms with van der Waals surface area (Å²) in [7, 11) is 3.36. The van der Waals surface area contributed by atoms with E-state index in [0.29, 0.717) is 11.8 Å². The Hall–Kier alpha value is -1.62. The second-order valence-electron chi connectivity index (χ2n) is 5.78. The van der Waals surface area contributed by atoms with Crippen LogP contribution in [0.1, 0.15) is 26.7 Å². The minimum absolute atomic E-state index is 0.0000856. The molecular formula is C16H24N2O3. The number of carbonyl (C=O) groups is 1. The van der Waals surface area contributed by atoms with Crippen molar-refractivity contribution in [2.24, 2.45) is 11.8 Å². The molecule has 2 heterocycles.